The SMILES string of the molecule is CC(C)CNC(=O)c1ccc(NC(=O)c2ccc(CN)cc2)cc1Cl. The highest BCUT2D eigenvalue weighted by Crippen LogP contribution is 2.21. The maximum absolute atomic E-state index is 12.3. The predicted molar refractivity (Wildman–Crippen MR) is 101 cm³/mol. The standard InChI is InChI=1S/C19H22ClN3O2/c1-12(2)11-22-19(25)16-8-7-15(9-17(16)20)23-18(24)14-5-3-13(10-21)4-6-14/h3-9,12H,10-11,21H2,1-2H3,(H,22,25)(H,23,24). The van der Waals surface area contributed by atoms with E-state index < -0.39 is 0 Å². The molecule has 0 unspecified atom stereocenters. The third-order valence-corrected chi connectivity index (χ3v) is 3.91. The van der Waals surface area contributed by atoms with Gasteiger partial charge in [-0.2, -0.15) is 0 Å². The van der Waals surface area contributed by atoms with E-state index in [2.05, 4.69) is 10.6 Å². The molecule has 0 aromatic heterocycles. The van der Waals surface area contributed by atoms with Gasteiger partial charge in [0.05, 0.1) is 10.6 Å². The largest absolute Gasteiger partial charge is 0.352 e. The van der Waals surface area contributed by atoms with E-state index in [1.54, 1.807) is 30.3 Å². The van der Waals surface area contributed by atoms with Crippen LogP contribution in [0.2, 0.25) is 5.02 Å². The number of amides is 2. The zero-order chi connectivity index (χ0) is 18.4. The van der Waals surface area contributed by atoms with Crippen molar-refractivity contribution < 1.29 is 9.59 Å². The second-order valence-electron chi connectivity index (χ2n) is 6.15. The molecule has 5 nitrogen and oxygen atoms in total. The quantitative estimate of drug-likeness (QED) is 0.738. The highest BCUT2D eigenvalue weighted by molar-refractivity contribution is 6.34. The Labute approximate surface area is 152 Å². The fraction of sp³-hybridized carbons (Fsp3) is 0.263. The van der Waals surface area contributed by atoms with Crippen LogP contribution in [0.4, 0.5) is 5.69 Å². The fourth-order valence-electron chi connectivity index (χ4n) is 2.16. The van der Waals surface area contributed by atoms with Crippen molar-refractivity contribution in [2.45, 2.75) is 20.4 Å². The normalized spacial score (nSPS) is 10.6. The topological polar surface area (TPSA) is 84.2 Å². The van der Waals surface area contributed by atoms with Crippen molar-refractivity contribution in [3.8, 4) is 0 Å². The summed E-state index contributed by atoms with van der Waals surface area (Å²) in [6.07, 6.45) is 0. The second-order valence-corrected chi connectivity index (χ2v) is 6.56. The molecule has 2 aromatic carbocycles. The van der Waals surface area contributed by atoms with E-state index >= 15 is 0 Å². The van der Waals surface area contributed by atoms with E-state index in [1.165, 1.54) is 0 Å². The lowest BCUT2D eigenvalue weighted by Gasteiger charge is -2.11. The average Bonchev–Trinajstić information content (AvgIpc) is 2.59. The van der Waals surface area contributed by atoms with Gasteiger partial charge < -0.3 is 16.4 Å². The summed E-state index contributed by atoms with van der Waals surface area (Å²) in [7, 11) is 0. The first-order valence-corrected chi connectivity index (χ1v) is 8.46. The number of hydrogen-bond acceptors (Lipinski definition) is 3. The van der Waals surface area contributed by atoms with E-state index in [9.17, 15) is 9.59 Å². The van der Waals surface area contributed by atoms with Gasteiger partial charge in [-0.1, -0.05) is 37.6 Å². The molecular weight excluding hydrogens is 338 g/mol. The van der Waals surface area contributed by atoms with E-state index in [-0.39, 0.29) is 16.8 Å². The zero-order valence-electron chi connectivity index (χ0n) is 14.3. The molecule has 0 saturated carbocycles. The van der Waals surface area contributed by atoms with Crippen LogP contribution < -0.4 is 16.4 Å². The molecule has 2 aromatic rings. The maximum atomic E-state index is 12.3. The average molecular weight is 360 g/mol. The molecule has 2 rings (SSSR count). The molecule has 0 spiro atoms. The summed E-state index contributed by atoms with van der Waals surface area (Å²) < 4.78 is 0. The van der Waals surface area contributed by atoms with Crippen LogP contribution in [-0.4, -0.2) is 18.4 Å². The second kappa shape index (κ2) is 8.65. The minimum atomic E-state index is -0.253. The van der Waals surface area contributed by atoms with Crippen LogP contribution in [0, 0.1) is 5.92 Å². The van der Waals surface area contributed by atoms with Crippen molar-refractivity contribution in [3.63, 3.8) is 0 Å². The number of anilines is 1. The first kappa shape index (κ1) is 19.0. The van der Waals surface area contributed by atoms with Gasteiger partial charge in [0.2, 0.25) is 0 Å². The summed E-state index contributed by atoms with van der Waals surface area (Å²) in [6, 6.07) is 11.9. The Morgan fingerprint density at radius 1 is 1.08 bits per heavy atom. The minimum absolute atomic E-state index is 0.228. The molecule has 0 saturated heterocycles. The highest BCUT2D eigenvalue weighted by Gasteiger charge is 2.12. The number of hydrogen-bond donors (Lipinski definition) is 3. The number of carbonyl (C=O) groups excluding carboxylic acids is 2. The van der Waals surface area contributed by atoms with Gasteiger partial charge in [0.25, 0.3) is 11.8 Å². The number of carbonyl (C=O) groups is 2. The van der Waals surface area contributed by atoms with E-state index in [0.717, 1.165) is 5.56 Å². The smallest absolute Gasteiger partial charge is 0.255 e. The van der Waals surface area contributed by atoms with Gasteiger partial charge in [-0.15, -0.1) is 0 Å². The Hall–Kier alpha value is -2.37. The molecule has 4 N–H and O–H groups in total. The van der Waals surface area contributed by atoms with E-state index in [0.29, 0.717) is 35.8 Å². The number of nitrogens with two attached hydrogens (primary N) is 1. The lowest BCUT2D eigenvalue weighted by Crippen LogP contribution is -2.27. The highest BCUT2D eigenvalue weighted by atomic mass is 35.5. The summed E-state index contributed by atoms with van der Waals surface area (Å²) in [4.78, 5) is 24.3. The summed E-state index contributed by atoms with van der Waals surface area (Å²) in [5.74, 6) is -0.127. The van der Waals surface area contributed by atoms with Gasteiger partial charge in [-0.3, -0.25) is 9.59 Å². The summed E-state index contributed by atoms with van der Waals surface area (Å²) in [6.45, 7) is 5.03. The van der Waals surface area contributed by atoms with Gasteiger partial charge in [-0.05, 0) is 41.8 Å². The van der Waals surface area contributed by atoms with Gasteiger partial charge in [0.1, 0.15) is 0 Å². The number of rotatable bonds is 6. The molecule has 132 valence electrons. The van der Waals surface area contributed by atoms with Crippen molar-refractivity contribution >= 4 is 29.1 Å². The molecule has 0 bridgehead atoms. The van der Waals surface area contributed by atoms with Crippen LogP contribution in [-0.2, 0) is 6.54 Å². The lowest BCUT2D eigenvalue weighted by molar-refractivity contribution is 0.0948. The lowest BCUT2D eigenvalue weighted by atomic mass is 10.1. The molecular formula is C19H22ClN3O2. The van der Waals surface area contributed by atoms with Crippen molar-refractivity contribution in [3.05, 3.63) is 64.2 Å². The molecule has 0 aliphatic rings. The van der Waals surface area contributed by atoms with Crippen molar-refractivity contribution in [1.29, 1.82) is 0 Å². The monoisotopic (exact) mass is 359 g/mol. The Balaban J connectivity index is 2.06. The molecule has 0 aliphatic heterocycles. The molecule has 2 amide bonds. The van der Waals surface area contributed by atoms with E-state index in [1.807, 2.05) is 26.0 Å². The predicted octanol–water partition coefficient (Wildman–Crippen LogP) is 3.44. The maximum Gasteiger partial charge on any atom is 0.255 e. The molecule has 0 aliphatic carbocycles. The third kappa shape index (κ3) is 5.31. The van der Waals surface area contributed by atoms with Crippen LogP contribution in [0.5, 0.6) is 0 Å². The Kier molecular flexibility index (Phi) is 6.56. The first-order chi connectivity index (χ1) is 11.9. The molecule has 0 heterocycles. The molecule has 0 atom stereocenters. The van der Waals surface area contributed by atoms with Gasteiger partial charge in [-0.25, -0.2) is 0 Å². The summed E-state index contributed by atoms with van der Waals surface area (Å²) >= 11 is 6.18. The fourth-order valence-corrected chi connectivity index (χ4v) is 2.43. The summed E-state index contributed by atoms with van der Waals surface area (Å²) in [5, 5.41) is 5.87. The number of benzene rings is 2. The van der Waals surface area contributed by atoms with Crippen LogP contribution in [0.15, 0.2) is 42.5 Å². The van der Waals surface area contributed by atoms with Crippen LogP contribution in [0.25, 0.3) is 0 Å². The molecule has 6 heteroatoms. The summed E-state index contributed by atoms with van der Waals surface area (Å²) in [5.41, 5.74) is 7.93. The van der Waals surface area contributed by atoms with Crippen LogP contribution in [0.1, 0.15) is 40.1 Å². The van der Waals surface area contributed by atoms with Crippen molar-refractivity contribution in [1.82, 2.24) is 5.32 Å². The van der Waals surface area contributed by atoms with E-state index in [4.69, 9.17) is 17.3 Å². The minimum Gasteiger partial charge on any atom is -0.352 e. The zero-order valence-corrected chi connectivity index (χ0v) is 15.1. The molecule has 25 heavy (non-hydrogen) atoms. The number of nitrogens with one attached hydrogen (secondary N) is 2. The number of halogens is 1. The third-order valence-electron chi connectivity index (χ3n) is 3.59. The first-order valence-electron chi connectivity index (χ1n) is 8.08. The van der Waals surface area contributed by atoms with Crippen molar-refractivity contribution in [2.24, 2.45) is 11.7 Å². The Morgan fingerprint density at radius 2 is 1.76 bits per heavy atom. The Bertz CT molecular complexity index is 758. The van der Waals surface area contributed by atoms with Gasteiger partial charge >= 0.3 is 0 Å². The molecule has 0 radical (unpaired) electrons. The van der Waals surface area contributed by atoms with Crippen LogP contribution >= 0.6 is 11.6 Å². The van der Waals surface area contributed by atoms with Crippen LogP contribution in [0.3, 0.4) is 0 Å². The molecule has 0 fully saturated rings. The van der Waals surface area contributed by atoms with Gasteiger partial charge in [0.15, 0.2) is 0 Å². The Morgan fingerprint density at radius 3 is 2.32 bits per heavy atom. The van der Waals surface area contributed by atoms with Crippen molar-refractivity contribution in [2.75, 3.05) is 11.9 Å². The van der Waals surface area contributed by atoms with Gasteiger partial charge in [0, 0.05) is 24.3 Å².